The van der Waals surface area contributed by atoms with Crippen LogP contribution in [0.25, 0.3) is 22.3 Å². The zero-order valence-electron chi connectivity index (χ0n) is 20.4. The van der Waals surface area contributed by atoms with Crippen LogP contribution in [-0.2, 0) is 25.5 Å². The Morgan fingerprint density at radius 2 is 1.79 bits per heavy atom. The molecule has 0 saturated carbocycles. The number of carboxylic acid groups (broad SMARTS) is 2. The molecule has 3 heterocycles. The summed E-state index contributed by atoms with van der Waals surface area (Å²) in [7, 11) is 1.26. The summed E-state index contributed by atoms with van der Waals surface area (Å²) in [6.45, 7) is -0.542. The van der Waals surface area contributed by atoms with Gasteiger partial charge in [-0.3, -0.25) is 4.57 Å². The molecule has 0 aliphatic carbocycles. The minimum absolute atomic E-state index is 0.0274. The summed E-state index contributed by atoms with van der Waals surface area (Å²) in [5, 5.41) is 19.6. The Labute approximate surface area is 225 Å². The van der Waals surface area contributed by atoms with Crippen molar-refractivity contribution in [2.75, 3.05) is 19.5 Å². The van der Waals surface area contributed by atoms with Crippen molar-refractivity contribution in [3.8, 4) is 11.1 Å². The monoisotopic (exact) mass is 559 g/mol. The van der Waals surface area contributed by atoms with Crippen molar-refractivity contribution in [2.24, 2.45) is 0 Å². The lowest BCUT2D eigenvalue weighted by Crippen LogP contribution is -2.52. The van der Waals surface area contributed by atoms with Crippen molar-refractivity contribution in [1.82, 2.24) is 29.5 Å². The lowest BCUT2D eigenvalue weighted by Gasteiger charge is -2.28. The molecular formula is C24H23ClFN7O6. The van der Waals surface area contributed by atoms with Gasteiger partial charge in [0.25, 0.3) is 5.60 Å². The average Bonchev–Trinajstić information content (AvgIpc) is 3.35. The molecule has 1 aromatic carbocycles. The number of fused-ring (bicyclic) bond motifs is 1. The summed E-state index contributed by atoms with van der Waals surface area (Å²) < 4.78 is 27.1. The zero-order valence-corrected chi connectivity index (χ0v) is 21.2. The molecule has 2 atom stereocenters. The molecule has 4 aromatic rings. The van der Waals surface area contributed by atoms with Gasteiger partial charge in [-0.05, 0) is 22.7 Å². The van der Waals surface area contributed by atoms with Crippen LogP contribution in [0.1, 0.15) is 18.3 Å². The van der Waals surface area contributed by atoms with E-state index in [2.05, 4.69) is 24.9 Å². The number of nitrogens with zero attached hydrogens (tertiary/aromatic N) is 6. The second-order valence-electron chi connectivity index (χ2n) is 8.48. The molecule has 0 spiro atoms. The van der Waals surface area contributed by atoms with E-state index in [1.807, 2.05) is 0 Å². The molecule has 0 saturated heterocycles. The summed E-state index contributed by atoms with van der Waals surface area (Å²) in [6, 6.07) is 6.54. The molecule has 0 aliphatic heterocycles. The minimum atomic E-state index is -2.66. The number of halogens is 2. The van der Waals surface area contributed by atoms with Crippen LogP contribution >= 0.6 is 11.6 Å². The molecular weight excluding hydrogens is 537 g/mol. The van der Waals surface area contributed by atoms with E-state index >= 15 is 4.39 Å². The van der Waals surface area contributed by atoms with Gasteiger partial charge in [-0.15, -0.1) is 0 Å². The molecule has 3 aromatic heterocycles. The van der Waals surface area contributed by atoms with Crippen LogP contribution in [0.2, 0.25) is 5.28 Å². The average molecular weight is 560 g/mol. The summed E-state index contributed by atoms with van der Waals surface area (Å²) in [4.78, 5) is 44.0. The number of anilines is 1. The second-order valence-corrected chi connectivity index (χ2v) is 8.82. The number of aromatic nitrogens is 6. The fourth-order valence-electron chi connectivity index (χ4n) is 3.88. The van der Waals surface area contributed by atoms with Gasteiger partial charge in [-0.2, -0.15) is 9.97 Å². The van der Waals surface area contributed by atoms with Crippen LogP contribution in [0, 0.1) is 0 Å². The number of imidazole rings is 1. The first-order valence-corrected chi connectivity index (χ1v) is 11.8. The zero-order chi connectivity index (χ0) is 28.2. The number of benzene rings is 1. The summed E-state index contributed by atoms with van der Waals surface area (Å²) in [6.07, 6.45) is 2.10. The predicted octanol–water partition coefficient (Wildman–Crippen LogP) is 2.56. The molecule has 15 heteroatoms. The Morgan fingerprint density at radius 3 is 2.41 bits per heavy atom. The number of carboxylic acids is 2. The van der Waals surface area contributed by atoms with E-state index < -0.39 is 43.0 Å². The molecule has 4 rings (SSSR count). The molecule has 0 amide bonds. The van der Waals surface area contributed by atoms with Crippen LogP contribution in [0.3, 0.4) is 0 Å². The van der Waals surface area contributed by atoms with E-state index in [0.29, 0.717) is 5.56 Å². The van der Waals surface area contributed by atoms with Crippen molar-refractivity contribution in [3.63, 3.8) is 0 Å². The van der Waals surface area contributed by atoms with Crippen molar-refractivity contribution >= 4 is 40.5 Å². The quantitative estimate of drug-likeness (QED) is 0.170. The highest BCUT2D eigenvalue weighted by Crippen LogP contribution is 2.27. The van der Waals surface area contributed by atoms with Crippen molar-refractivity contribution in [1.29, 1.82) is 0 Å². The Morgan fingerprint density at radius 1 is 1.13 bits per heavy atom. The maximum absolute atomic E-state index is 15.3. The van der Waals surface area contributed by atoms with Gasteiger partial charge in [0.05, 0.1) is 19.0 Å². The van der Waals surface area contributed by atoms with Gasteiger partial charge in [0.2, 0.25) is 5.28 Å². The maximum atomic E-state index is 15.3. The summed E-state index contributed by atoms with van der Waals surface area (Å²) in [5.41, 5.74) is 5.17. The number of nitrogen functional groups attached to an aromatic ring is 1. The molecule has 0 radical (unpaired) electrons. The van der Waals surface area contributed by atoms with Crippen molar-refractivity contribution in [3.05, 3.63) is 60.2 Å². The molecule has 13 nitrogen and oxygen atoms in total. The Balaban J connectivity index is 1.50. The van der Waals surface area contributed by atoms with Crippen LogP contribution in [0.4, 0.5) is 10.2 Å². The van der Waals surface area contributed by atoms with Gasteiger partial charge in [0, 0.05) is 37.9 Å². The number of carbonyl (C=O) groups is 2. The third-order valence-electron chi connectivity index (χ3n) is 6.02. The molecule has 0 bridgehead atoms. The van der Waals surface area contributed by atoms with Gasteiger partial charge in [0.15, 0.2) is 17.8 Å². The molecule has 4 N–H and O–H groups in total. The topological polar surface area (TPSA) is 188 Å². The van der Waals surface area contributed by atoms with Crippen molar-refractivity contribution in [2.45, 2.75) is 30.8 Å². The van der Waals surface area contributed by atoms with E-state index in [9.17, 15) is 19.8 Å². The van der Waals surface area contributed by atoms with Gasteiger partial charge in [-0.25, -0.2) is 28.9 Å². The SMILES string of the molecule is COC(COC(Cc1ccc(-c2cncnc2)cc1)(C(=O)O)C(=O)O)CC(F)n1cnc2c(N)nc(Cl)nc21. The second kappa shape index (κ2) is 11.6. The number of hydrogen-bond acceptors (Lipinski definition) is 10. The van der Waals surface area contributed by atoms with Crippen LogP contribution in [0.15, 0.2) is 49.3 Å². The number of nitrogens with two attached hydrogens (primary N) is 1. The Hall–Kier alpha value is -4.27. The van der Waals surface area contributed by atoms with Crippen LogP contribution < -0.4 is 5.73 Å². The van der Waals surface area contributed by atoms with Gasteiger partial charge in [0.1, 0.15) is 11.8 Å². The summed E-state index contributed by atoms with van der Waals surface area (Å²) in [5.74, 6) is -3.46. The lowest BCUT2D eigenvalue weighted by molar-refractivity contribution is -0.188. The van der Waals surface area contributed by atoms with E-state index in [-0.39, 0.29) is 28.7 Å². The summed E-state index contributed by atoms with van der Waals surface area (Å²) >= 11 is 5.83. The highest BCUT2D eigenvalue weighted by molar-refractivity contribution is 6.28. The van der Waals surface area contributed by atoms with Gasteiger partial charge >= 0.3 is 11.9 Å². The molecule has 0 aliphatic rings. The smallest absolute Gasteiger partial charge is 0.348 e. The first kappa shape index (κ1) is 27.8. The third kappa shape index (κ3) is 5.92. The maximum Gasteiger partial charge on any atom is 0.348 e. The Kier molecular flexibility index (Phi) is 8.28. The third-order valence-corrected chi connectivity index (χ3v) is 6.19. The Bertz CT molecular complexity index is 1460. The van der Waals surface area contributed by atoms with Gasteiger partial charge in [-0.1, -0.05) is 24.3 Å². The number of aliphatic carboxylic acids is 2. The van der Waals surface area contributed by atoms with E-state index in [0.717, 1.165) is 22.0 Å². The van der Waals surface area contributed by atoms with E-state index in [1.54, 1.807) is 36.7 Å². The molecule has 39 heavy (non-hydrogen) atoms. The van der Waals surface area contributed by atoms with Gasteiger partial charge < -0.3 is 25.4 Å². The molecule has 0 fully saturated rings. The highest BCUT2D eigenvalue weighted by Gasteiger charge is 2.49. The van der Waals surface area contributed by atoms with Crippen LogP contribution in [0.5, 0.6) is 0 Å². The van der Waals surface area contributed by atoms with Crippen molar-refractivity contribution < 1.29 is 33.7 Å². The number of hydrogen-bond donors (Lipinski definition) is 3. The number of methoxy groups -OCH3 is 1. The fraction of sp³-hybridized carbons (Fsp3) is 0.292. The normalized spacial score (nSPS) is 13.3. The fourth-order valence-corrected chi connectivity index (χ4v) is 4.05. The number of alkyl halides is 1. The predicted molar refractivity (Wildman–Crippen MR) is 135 cm³/mol. The van der Waals surface area contributed by atoms with Crippen LogP contribution in [-0.4, -0.2) is 77.1 Å². The lowest BCUT2D eigenvalue weighted by atomic mass is 9.93. The number of rotatable bonds is 12. The highest BCUT2D eigenvalue weighted by atomic mass is 35.5. The standard InChI is InChI=1S/C24H23ClFN7O6/c1-38-16(6-17(26)33-12-30-18-19(27)31-23(25)32-20(18)33)10-39-24(21(34)35,22(36)37)7-13-2-4-14(5-3-13)15-8-28-11-29-9-15/h2-5,8-9,11-12,16-17H,6-7,10H2,1H3,(H,34,35)(H,36,37)(H2,27,31,32). The minimum Gasteiger partial charge on any atom is -0.479 e. The van der Waals surface area contributed by atoms with E-state index in [1.165, 1.54) is 13.4 Å². The largest absolute Gasteiger partial charge is 0.479 e. The molecule has 2 unspecified atom stereocenters. The first-order valence-electron chi connectivity index (χ1n) is 11.4. The molecule has 204 valence electrons. The number of ether oxygens (including phenoxy) is 2. The van der Waals surface area contributed by atoms with E-state index in [4.69, 9.17) is 26.8 Å². The first-order chi connectivity index (χ1) is 18.6.